The maximum atomic E-state index is 7.40. The number of furan rings is 1. The molecule has 0 atom stereocenters. The molecule has 7 aromatic carbocycles. The summed E-state index contributed by atoms with van der Waals surface area (Å²) in [5.41, 5.74) is 22.3. The average Bonchev–Trinajstić information content (AvgIpc) is 4.04. The molecule has 3 aromatic heterocycles. The van der Waals surface area contributed by atoms with Gasteiger partial charge in [0.1, 0.15) is 5.58 Å². The second-order valence-corrected chi connectivity index (χ2v) is 24.4. The first kappa shape index (κ1) is 43.9. The van der Waals surface area contributed by atoms with Crippen molar-refractivity contribution < 1.29 is 4.42 Å². The van der Waals surface area contributed by atoms with Gasteiger partial charge in [0.25, 0.3) is 6.71 Å². The Balaban J connectivity index is 1.18. The molecule has 0 saturated heterocycles. The highest BCUT2D eigenvalue weighted by molar-refractivity contribution is 7.22. The monoisotopic (exact) mass is 934 g/mol. The Labute approximate surface area is 416 Å². The summed E-state index contributed by atoms with van der Waals surface area (Å²) in [5.74, 6) is 1.19. The molecular weight excluding hydrogens is 876 g/mol. The van der Waals surface area contributed by atoms with Crippen molar-refractivity contribution >= 4 is 111 Å². The van der Waals surface area contributed by atoms with Gasteiger partial charge in [-0.3, -0.25) is 4.90 Å². The van der Waals surface area contributed by atoms with Crippen molar-refractivity contribution in [1.29, 1.82) is 0 Å². The van der Waals surface area contributed by atoms with Gasteiger partial charge in [0.15, 0.2) is 0 Å². The minimum atomic E-state index is -0.0884. The molecule has 0 bridgehead atoms. The summed E-state index contributed by atoms with van der Waals surface area (Å²) in [6.45, 7) is 27.8. The first-order valence-electron chi connectivity index (χ1n) is 24.6. The van der Waals surface area contributed by atoms with Crippen molar-refractivity contribution in [3.8, 4) is 20.9 Å². The number of nitrogens with zero attached hydrogens (tertiary/aromatic N) is 2. The minimum Gasteiger partial charge on any atom is -0.440 e. The molecule has 0 amide bonds. The van der Waals surface area contributed by atoms with Crippen molar-refractivity contribution in [3.05, 3.63) is 172 Å². The average molecular weight is 935 g/mol. The number of fused-ring (bicyclic) bond motifs is 8. The van der Waals surface area contributed by atoms with Crippen molar-refractivity contribution in [1.82, 2.24) is 0 Å². The molecule has 342 valence electrons. The van der Waals surface area contributed by atoms with E-state index in [1.54, 1.807) is 0 Å². The van der Waals surface area contributed by atoms with E-state index in [9.17, 15) is 0 Å². The van der Waals surface area contributed by atoms with Gasteiger partial charge in [0.2, 0.25) is 5.88 Å². The Bertz CT molecular complexity index is 3640. The Hall–Kier alpha value is -6.34. The van der Waals surface area contributed by atoms with Crippen LogP contribution < -0.4 is 26.2 Å². The van der Waals surface area contributed by atoms with E-state index in [4.69, 9.17) is 4.42 Å². The summed E-state index contributed by atoms with van der Waals surface area (Å²) >= 11 is 3.75. The fraction of sp³-hybridized carbons (Fsp3) is 0.238. The number of anilines is 6. The quantitative estimate of drug-likeness (QED) is 0.160. The number of hydrogen-bond donors (Lipinski definition) is 0. The van der Waals surface area contributed by atoms with Crippen LogP contribution in [0, 0.1) is 27.7 Å². The van der Waals surface area contributed by atoms with Gasteiger partial charge in [-0.2, -0.15) is 0 Å². The third-order valence-corrected chi connectivity index (χ3v) is 17.3. The third kappa shape index (κ3) is 6.95. The van der Waals surface area contributed by atoms with Gasteiger partial charge in [-0.15, -0.1) is 22.7 Å². The maximum Gasteiger partial charge on any atom is 0.257 e. The van der Waals surface area contributed by atoms with Crippen LogP contribution in [0.25, 0.3) is 52.0 Å². The van der Waals surface area contributed by atoms with Crippen molar-refractivity contribution in [3.63, 3.8) is 0 Å². The van der Waals surface area contributed by atoms with Gasteiger partial charge in [0.05, 0.1) is 11.4 Å². The molecule has 5 heterocycles. The third-order valence-electron chi connectivity index (χ3n) is 15.0. The molecule has 0 aliphatic carbocycles. The van der Waals surface area contributed by atoms with E-state index >= 15 is 0 Å². The summed E-state index contributed by atoms with van der Waals surface area (Å²) in [5, 5.41) is 3.76. The fourth-order valence-corrected chi connectivity index (χ4v) is 13.5. The molecule has 10 aromatic rings. The Morgan fingerprint density at radius 1 is 0.507 bits per heavy atom. The smallest absolute Gasteiger partial charge is 0.257 e. The molecule has 3 nitrogen and oxygen atoms in total. The van der Waals surface area contributed by atoms with Crippen molar-refractivity contribution in [2.75, 3.05) is 9.80 Å². The molecular formula is C63H59BN2OS2. The van der Waals surface area contributed by atoms with Gasteiger partial charge < -0.3 is 9.32 Å². The van der Waals surface area contributed by atoms with E-state index in [-0.39, 0.29) is 23.5 Å². The largest absolute Gasteiger partial charge is 0.440 e. The molecule has 69 heavy (non-hydrogen) atoms. The van der Waals surface area contributed by atoms with Gasteiger partial charge in [0, 0.05) is 47.1 Å². The fourth-order valence-electron chi connectivity index (χ4n) is 11.4. The minimum absolute atomic E-state index is 0.0113. The topological polar surface area (TPSA) is 19.6 Å². The van der Waals surface area contributed by atoms with Crippen LogP contribution in [0.4, 0.5) is 34.3 Å². The Morgan fingerprint density at radius 2 is 1.06 bits per heavy atom. The lowest BCUT2D eigenvalue weighted by Gasteiger charge is -2.44. The van der Waals surface area contributed by atoms with Gasteiger partial charge in [-0.25, -0.2) is 0 Å². The second kappa shape index (κ2) is 15.6. The van der Waals surface area contributed by atoms with Gasteiger partial charge in [-0.1, -0.05) is 122 Å². The van der Waals surface area contributed by atoms with Crippen LogP contribution in [-0.2, 0) is 10.8 Å². The zero-order chi connectivity index (χ0) is 48.0. The number of aryl methyl sites for hydroxylation is 4. The van der Waals surface area contributed by atoms with Crippen LogP contribution in [-0.4, -0.2) is 6.71 Å². The molecule has 0 radical (unpaired) electrons. The molecule has 0 N–H and O–H groups in total. The van der Waals surface area contributed by atoms with Crippen LogP contribution in [0.1, 0.15) is 100 Å². The number of benzene rings is 7. The normalized spacial score (nSPS) is 13.6. The zero-order valence-corrected chi connectivity index (χ0v) is 43.6. The Kier molecular flexibility index (Phi) is 9.92. The molecule has 2 aliphatic rings. The highest BCUT2D eigenvalue weighted by atomic mass is 32.1. The van der Waals surface area contributed by atoms with Crippen LogP contribution >= 0.6 is 22.7 Å². The summed E-state index contributed by atoms with van der Waals surface area (Å²) in [6, 6.07) is 51.2. The first-order chi connectivity index (χ1) is 32.9. The number of hydrogen-bond acceptors (Lipinski definition) is 5. The molecule has 0 spiro atoms. The molecule has 12 rings (SSSR count). The predicted octanol–water partition coefficient (Wildman–Crippen LogP) is 17.2. The van der Waals surface area contributed by atoms with Crippen LogP contribution in [0.15, 0.2) is 138 Å². The summed E-state index contributed by atoms with van der Waals surface area (Å²) in [6.07, 6.45) is 0. The maximum absolute atomic E-state index is 7.40. The van der Waals surface area contributed by atoms with Crippen LogP contribution in [0.5, 0.6) is 0 Å². The van der Waals surface area contributed by atoms with Gasteiger partial charge in [-0.05, 0) is 183 Å². The molecule has 0 saturated carbocycles. The standard InChI is InChI=1S/C63H59BN2OS2/c1-35(2)43-30-50-58-51(31-43)66(60-36(3)25-44(26-37(60)4)56-33-41-18-14-16-20-54(41)69-56)61-57(47-34-45(62(7,8)9)22-24-52(47)67-61)64(58)48-23-21-42(55-32-40-17-13-15-19-53(40)68-55)29-49(48)65(50)59-38(5)27-46(28-39(59)6)63(10,11)12/h13-35H,1-12H3. The first-order valence-corrected chi connectivity index (χ1v) is 26.3. The van der Waals surface area contributed by atoms with Crippen molar-refractivity contribution in [2.45, 2.75) is 99.8 Å². The van der Waals surface area contributed by atoms with Crippen molar-refractivity contribution in [2.24, 2.45) is 0 Å². The van der Waals surface area contributed by atoms with E-state index in [1.807, 2.05) is 22.7 Å². The lowest BCUT2D eigenvalue weighted by atomic mass is 9.33. The zero-order valence-electron chi connectivity index (χ0n) is 42.0. The second-order valence-electron chi connectivity index (χ2n) is 22.3. The van der Waals surface area contributed by atoms with E-state index in [0.29, 0.717) is 0 Å². The highest BCUT2D eigenvalue weighted by Crippen LogP contribution is 2.51. The number of thiophene rings is 2. The molecule has 0 fully saturated rings. The van der Waals surface area contributed by atoms with E-state index in [1.165, 1.54) is 130 Å². The van der Waals surface area contributed by atoms with E-state index < -0.39 is 0 Å². The summed E-state index contributed by atoms with van der Waals surface area (Å²) < 4.78 is 10.0. The highest BCUT2D eigenvalue weighted by Gasteiger charge is 2.47. The van der Waals surface area contributed by atoms with Gasteiger partial charge >= 0.3 is 0 Å². The molecule has 2 aliphatic heterocycles. The van der Waals surface area contributed by atoms with Crippen LogP contribution in [0.3, 0.4) is 0 Å². The predicted molar refractivity (Wildman–Crippen MR) is 302 cm³/mol. The molecule has 0 unspecified atom stereocenters. The van der Waals surface area contributed by atoms with E-state index in [0.717, 1.165) is 11.5 Å². The lowest BCUT2D eigenvalue weighted by molar-refractivity contribution is 0.589. The number of rotatable bonds is 5. The van der Waals surface area contributed by atoms with E-state index in [2.05, 4.69) is 226 Å². The summed E-state index contributed by atoms with van der Waals surface area (Å²) in [4.78, 5) is 7.74. The lowest BCUT2D eigenvalue weighted by Crippen LogP contribution is -2.61. The van der Waals surface area contributed by atoms with Crippen LogP contribution in [0.2, 0.25) is 0 Å². The summed E-state index contributed by atoms with van der Waals surface area (Å²) in [7, 11) is 0. The molecule has 6 heteroatoms. The SMILES string of the molecule is Cc1cc(C(C)(C)C)cc(C)c1N1c2cc(-c3cc4ccccc4s3)ccc2B2c3c1cc(C(C)C)cc3N(c1c(C)cc(-c3cc4ccccc4s3)cc1C)c1oc3ccc(C(C)(C)C)cc3c12. The Morgan fingerprint density at radius 3 is 1.64 bits per heavy atom.